The van der Waals surface area contributed by atoms with E-state index < -0.39 is 0 Å². The number of benzene rings is 2. The first-order valence-electron chi connectivity index (χ1n) is 9.07. The van der Waals surface area contributed by atoms with Gasteiger partial charge in [0.15, 0.2) is 0 Å². The van der Waals surface area contributed by atoms with E-state index in [2.05, 4.69) is 24.0 Å². The predicted octanol–water partition coefficient (Wildman–Crippen LogP) is 4.90. The van der Waals surface area contributed by atoms with Crippen molar-refractivity contribution >= 4 is 51.7 Å². The molecule has 0 atom stereocenters. The average Bonchev–Trinajstić information content (AvgIpc) is 3.23. The third kappa shape index (κ3) is 3.54. The van der Waals surface area contributed by atoms with Crippen molar-refractivity contribution in [3.05, 3.63) is 64.0 Å². The Morgan fingerprint density at radius 3 is 2.57 bits per heavy atom. The molecule has 28 heavy (non-hydrogen) atoms. The molecule has 0 bridgehead atoms. The van der Waals surface area contributed by atoms with Crippen molar-refractivity contribution in [2.24, 2.45) is 0 Å². The van der Waals surface area contributed by atoms with Gasteiger partial charge in [0.1, 0.15) is 20.0 Å². The largest absolute Gasteiger partial charge is 0.497 e. The number of carbonyl (C=O) groups is 1. The van der Waals surface area contributed by atoms with Crippen LogP contribution in [0.1, 0.15) is 12.5 Å². The van der Waals surface area contributed by atoms with Crippen LogP contribution in [-0.4, -0.2) is 35.3 Å². The lowest BCUT2D eigenvalue weighted by atomic mass is 10.1. The first kappa shape index (κ1) is 19.4. The monoisotopic (exact) mass is 428 g/mol. The number of thiocarbonyl (C=S) groups is 1. The molecule has 2 heterocycles. The van der Waals surface area contributed by atoms with E-state index in [1.807, 2.05) is 36.4 Å². The molecule has 0 unspecified atom stereocenters. The number of anilines is 1. The van der Waals surface area contributed by atoms with Crippen molar-refractivity contribution < 1.29 is 9.53 Å². The molecule has 144 valence electrons. The van der Waals surface area contributed by atoms with E-state index >= 15 is 0 Å². The number of rotatable bonds is 5. The molecule has 0 aromatic heterocycles. The molecular weight excluding hydrogens is 408 g/mol. The molecule has 0 spiro atoms. The van der Waals surface area contributed by atoms with Gasteiger partial charge in [-0.3, -0.25) is 9.69 Å². The van der Waals surface area contributed by atoms with E-state index in [0.29, 0.717) is 10.9 Å². The van der Waals surface area contributed by atoms with Gasteiger partial charge in [0.25, 0.3) is 5.91 Å². The summed E-state index contributed by atoms with van der Waals surface area (Å²) in [6.07, 6.45) is 0.790. The molecule has 2 aliphatic rings. The second-order valence-corrected chi connectivity index (χ2v) is 9.05. The van der Waals surface area contributed by atoms with Crippen LogP contribution in [0.5, 0.6) is 5.75 Å². The van der Waals surface area contributed by atoms with Crippen LogP contribution in [0.15, 0.2) is 63.4 Å². The average molecular weight is 429 g/mol. The molecular formula is C21H20N2O2S3. The Morgan fingerprint density at radius 2 is 1.86 bits per heavy atom. The van der Waals surface area contributed by atoms with Crippen molar-refractivity contribution in [1.82, 2.24) is 4.90 Å². The van der Waals surface area contributed by atoms with E-state index in [1.54, 1.807) is 23.8 Å². The molecule has 1 fully saturated rings. The highest BCUT2D eigenvalue weighted by atomic mass is 32.2. The highest BCUT2D eigenvalue weighted by Crippen LogP contribution is 2.51. The van der Waals surface area contributed by atoms with Gasteiger partial charge < -0.3 is 9.64 Å². The molecule has 2 aromatic rings. The summed E-state index contributed by atoms with van der Waals surface area (Å²) < 4.78 is 6.00. The first-order valence-corrected chi connectivity index (χ1v) is 11.1. The first-order chi connectivity index (χ1) is 13.6. The van der Waals surface area contributed by atoms with Crippen molar-refractivity contribution in [2.45, 2.75) is 18.2 Å². The third-order valence-corrected chi connectivity index (χ3v) is 7.48. The quantitative estimate of drug-likeness (QED) is 0.498. The van der Waals surface area contributed by atoms with Crippen LogP contribution in [0.4, 0.5) is 5.69 Å². The summed E-state index contributed by atoms with van der Waals surface area (Å²) in [5.41, 5.74) is 2.28. The number of amides is 1. The fourth-order valence-corrected chi connectivity index (χ4v) is 5.94. The number of nitrogens with zero attached hydrogens (tertiary/aromatic N) is 2. The van der Waals surface area contributed by atoms with Crippen molar-refractivity contribution in [3.8, 4) is 5.75 Å². The Kier molecular flexibility index (Phi) is 5.66. The minimum atomic E-state index is 0.00616. The van der Waals surface area contributed by atoms with Crippen molar-refractivity contribution in [3.63, 3.8) is 0 Å². The van der Waals surface area contributed by atoms with Gasteiger partial charge in [0.2, 0.25) is 0 Å². The summed E-state index contributed by atoms with van der Waals surface area (Å²) in [5, 5.41) is 0.963. The molecule has 1 saturated heterocycles. The van der Waals surface area contributed by atoms with Gasteiger partial charge in [0, 0.05) is 24.1 Å². The van der Waals surface area contributed by atoms with Gasteiger partial charge >= 0.3 is 0 Å². The number of ether oxygens (including phenoxy) is 1. The summed E-state index contributed by atoms with van der Waals surface area (Å²) in [4.78, 5) is 18.9. The Balaban J connectivity index is 1.59. The van der Waals surface area contributed by atoms with Crippen molar-refractivity contribution in [1.29, 1.82) is 0 Å². The molecule has 2 aliphatic heterocycles. The lowest BCUT2D eigenvalue weighted by Gasteiger charge is -2.19. The zero-order valence-corrected chi connectivity index (χ0v) is 18.1. The van der Waals surface area contributed by atoms with Crippen LogP contribution in [0.25, 0.3) is 0 Å². The molecule has 0 saturated carbocycles. The fraction of sp³-hybridized carbons (Fsp3) is 0.238. The van der Waals surface area contributed by atoms with Gasteiger partial charge in [-0.2, -0.15) is 0 Å². The summed E-state index contributed by atoms with van der Waals surface area (Å²) in [7, 11) is 1.67. The predicted molar refractivity (Wildman–Crippen MR) is 121 cm³/mol. The van der Waals surface area contributed by atoms with E-state index in [-0.39, 0.29) is 5.91 Å². The smallest absolute Gasteiger partial charge is 0.268 e. The maximum atomic E-state index is 13.2. The van der Waals surface area contributed by atoms with Gasteiger partial charge in [-0.1, -0.05) is 66.1 Å². The summed E-state index contributed by atoms with van der Waals surface area (Å²) in [6.45, 7) is 3.46. The number of thioether (sulfide) groups is 2. The van der Waals surface area contributed by atoms with E-state index in [0.717, 1.165) is 39.2 Å². The summed E-state index contributed by atoms with van der Waals surface area (Å²) >= 11 is 8.57. The molecule has 2 aromatic carbocycles. The molecule has 1 amide bonds. The number of hydrogen-bond donors (Lipinski definition) is 0. The Bertz CT molecular complexity index is 959. The van der Waals surface area contributed by atoms with Crippen LogP contribution in [0.2, 0.25) is 0 Å². The lowest BCUT2D eigenvalue weighted by molar-refractivity contribution is -0.122. The molecule has 4 nitrogen and oxygen atoms in total. The number of fused-ring (bicyclic) bond motifs is 1. The minimum absolute atomic E-state index is 0.00616. The maximum Gasteiger partial charge on any atom is 0.268 e. The second-order valence-electron chi connectivity index (χ2n) is 6.37. The Morgan fingerprint density at radius 1 is 1.07 bits per heavy atom. The highest BCUT2D eigenvalue weighted by molar-refractivity contribution is 8.27. The van der Waals surface area contributed by atoms with Gasteiger partial charge in [-0.05, 0) is 31.0 Å². The maximum absolute atomic E-state index is 13.2. The summed E-state index contributed by atoms with van der Waals surface area (Å²) in [6, 6.07) is 16.2. The van der Waals surface area contributed by atoms with Crippen LogP contribution in [-0.2, 0) is 11.2 Å². The van der Waals surface area contributed by atoms with E-state index in [9.17, 15) is 4.79 Å². The van der Waals surface area contributed by atoms with Gasteiger partial charge in [-0.25, -0.2) is 0 Å². The molecule has 0 aliphatic carbocycles. The van der Waals surface area contributed by atoms with E-state index in [4.69, 9.17) is 17.0 Å². The number of methoxy groups -OCH3 is 1. The SMILES string of the molecule is CCN1C(=C2SC(=S)N(CCc3ccccc3)C2=O)Sc2ccc(OC)cc21. The van der Waals surface area contributed by atoms with Crippen LogP contribution in [0.3, 0.4) is 0 Å². The molecule has 0 N–H and O–H groups in total. The van der Waals surface area contributed by atoms with E-state index in [1.165, 1.54) is 17.3 Å². The highest BCUT2D eigenvalue weighted by Gasteiger charge is 2.38. The normalized spacial score (nSPS) is 18.8. The Hall–Kier alpha value is -1.96. The van der Waals surface area contributed by atoms with Crippen molar-refractivity contribution in [2.75, 3.05) is 25.1 Å². The van der Waals surface area contributed by atoms with Crippen LogP contribution >= 0.6 is 35.7 Å². The second kappa shape index (κ2) is 8.19. The van der Waals surface area contributed by atoms with Crippen LogP contribution in [0, 0.1) is 0 Å². The molecule has 0 radical (unpaired) electrons. The lowest BCUT2D eigenvalue weighted by Crippen LogP contribution is -2.31. The standard InChI is InChI=1S/C21H20N2O2S3/c1-3-22-16-13-15(25-2)9-10-17(16)27-20(22)18-19(24)23(21(26)28-18)12-11-14-7-5-4-6-8-14/h4-10,13H,3,11-12H2,1-2H3. The molecule has 7 heteroatoms. The zero-order valence-electron chi connectivity index (χ0n) is 15.7. The van der Waals surface area contributed by atoms with Gasteiger partial charge in [-0.15, -0.1) is 0 Å². The Labute approximate surface area is 178 Å². The fourth-order valence-electron chi connectivity index (χ4n) is 3.28. The topological polar surface area (TPSA) is 32.8 Å². The molecule has 4 rings (SSSR count). The minimum Gasteiger partial charge on any atom is -0.497 e. The zero-order chi connectivity index (χ0) is 19.7. The summed E-state index contributed by atoms with van der Waals surface area (Å²) in [5.74, 6) is 0.820. The number of hydrogen-bond acceptors (Lipinski definition) is 6. The van der Waals surface area contributed by atoms with Gasteiger partial charge in [0.05, 0.1) is 12.8 Å². The van der Waals surface area contributed by atoms with Crippen LogP contribution < -0.4 is 9.64 Å². The third-order valence-electron chi connectivity index (χ3n) is 4.74. The number of carbonyl (C=O) groups excluding carboxylic acids is 1.